The molecule has 2 aromatic carbocycles. The lowest BCUT2D eigenvalue weighted by atomic mass is 10.1. The maximum Gasteiger partial charge on any atom is 0.329 e. The smallest absolute Gasteiger partial charge is 0.329 e. The van der Waals surface area contributed by atoms with Crippen molar-refractivity contribution >= 4 is 18.0 Å². The molecular weight excluding hydrogens is 320 g/mol. The van der Waals surface area contributed by atoms with Gasteiger partial charge in [0.05, 0.1) is 13.7 Å². The molecule has 25 heavy (non-hydrogen) atoms. The molecule has 0 radical (unpaired) electrons. The predicted octanol–water partition coefficient (Wildman–Crippen LogP) is 2.80. The van der Waals surface area contributed by atoms with Crippen molar-refractivity contribution in [2.75, 3.05) is 7.11 Å². The number of ether oxygens (including phenoxy) is 1. The third-order valence-electron chi connectivity index (χ3n) is 3.90. The average molecular weight is 338 g/mol. The van der Waals surface area contributed by atoms with Gasteiger partial charge < -0.3 is 15.2 Å². The van der Waals surface area contributed by atoms with E-state index in [9.17, 15) is 14.7 Å². The maximum atomic E-state index is 12.5. The van der Waals surface area contributed by atoms with Gasteiger partial charge in [0.15, 0.2) is 11.5 Å². The molecule has 128 valence electrons. The number of aromatic hydroxyl groups is 1. The molecule has 2 N–H and O–H groups in total. The van der Waals surface area contributed by atoms with Crippen LogP contribution in [0.25, 0.3) is 6.08 Å². The number of aryl methyl sites for hydroxylation is 1. The predicted molar refractivity (Wildman–Crippen MR) is 92.9 cm³/mol. The molecule has 0 spiro atoms. The van der Waals surface area contributed by atoms with Gasteiger partial charge in [0.25, 0.3) is 5.91 Å². The second-order valence-electron chi connectivity index (χ2n) is 5.80. The summed E-state index contributed by atoms with van der Waals surface area (Å²) < 4.78 is 4.99. The first-order valence-electron chi connectivity index (χ1n) is 7.75. The number of phenols is 1. The van der Waals surface area contributed by atoms with Crippen molar-refractivity contribution in [1.29, 1.82) is 0 Å². The van der Waals surface area contributed by atoms with Gasteiger partial charge in [0.2, 0.25) is 0 Å². The number of carbonyl (C=O) groups excluding carboxylic acids is 2. The van der Waals surface area contributed by atoms with Crippen molar-refractivity contribution < 1.29 is 19.4 Å². The van der Waals surface area contributed by atoms with E-state index in [1.807, 2.05) is 31.2 Å². The van der Waals surface area contributed by atoms with Crippen molar-refractivity contribution in [1.82, 2.24) is 10.2 Å². The van der Waals surface area contributed by atoms with Gasteiger partial charge in [0, 0.05) is 0 Å². The van der Waals surface area contributed by atoms with E-state index >= 15 is 0 Å². The van der Waals surface area contributed by atoms with Crippen LogP contribution in [0.3, 0.4) is 0 Å². The number of urea groups is 1. The minimum absolute atomic E-state index is 0.0368. The van der Waals surface area contributed by atoms with E-state index in [0.717, 1.165) is 16.0 Å². The summed E-state index contributed by atoms with van der Waals surface area (Å²) in [5.74, 6) is -0.0999. The number of carbonyl (C=O) groups is 2. The second-order valence-corrected chi connectivity index (χ2v) is 5.80. The molecule has 0 atom stereocenters. The Morgan fingerprint density at radius 3 is 2.68 bits per heavy atom. The molecule has 6 heteroatoms. The summed E-state index contributed by atoms with van der Waals surface area (Å²) in [5.41, 5.74) is 2.70. The van der Waals surface area contributed by atoms with Crippen LogP contribution in [0, 0.1) is 6.92 Å². The minimum atomic E-state index is -0.463. The largest absolute Gasteiger partial charge is 0.504 e. The van der Waals surface area contributed by atoms with E-state index in [0.29, 0.717) is 11.3 Å². The highest BCUT2D eigenvalue weighted by molar-refractivity contribution is 6.13. The van der Waals surface area contributed by atoms with Gasteiger partial charge in [-0.05, 0) is 36.3 Å². The zero-order chi connectivity index (χ0) is 18.0. The molecule has 2 aromatic rings. The molecule has 0 aliphatic carbocycles. The zero-order valence-corrected chi connectivity index (χ0v) is 13.9. The third kappa shape index (κ3) is 3.47. The monoisotopic (exact) mass is 338 g/mol. The molecule has 1 aliphatic heterocycles. The average Bonchev–Trinajstić information content (AvgIpc) is 2.83. The van der Waals surface area contributed by atoms with Gasteiger partial charge in [0.1, 0.15) is 5.70 Å². The molecule has 1 heterocycles. The fraction of sp³-hybridized carbons (Fsp3) is 0.158. The number of hydrogen-bond acceptors (Lipinski definition) is 4. The van der Waals surface area contributed by atoms with Crippen molar-refractivity contribution in [3.05, 3.63) is 64.9 Å². The van der Waals surface area contributed by atoms with E-state index in [2.05, 4.69) is 5.32 Å². The van der Waals surface area contributed by atoms with Crippen molar-refractivity contribution in [2.45, 2.75) is 13.5 Å². The number of amides is 3. The Morgan fingerprint density at radius 2 is 2.00 bits per heavy atom. The lowest BCUT2D eigenvalue weighted by Crippen LogP contribution is -2.30. The van der Waals surface area contributed by atoms with Crippen LogP contribution in [0.15, 0.2) is 48.2 Å². The summed E-state index contributed by atoms with van der Waals surface area (Å²) in [4.78, 5) is 25.8. The van der Waals surface area contributed by atoms with Gasteiger partial charge in [-0.15, -0.1) is 0 Å². The number of benzene rings is 2. The number of rotatable bonds is 4. The second kappa shape index (κ2) is 6.68. The summed E-state index contributed by atoms with van der Waals surface area (Å²) in [6, 6.07) is 11.9. The van der Waals surface area contributed by atoms with Crippen LogP contribution in [0.2, 0.25) is 0 Å². The van der Waals surface area contributed by atoms with Gasteiger partial charge in [-0.1, -0.05) is 35.9 Å². The Morgan fingerprint density at radius 1 is 1.20 bits per heavy atom. The zero-order valence-electron chi connectivity index (χ0n) is 13.9. The molecule has 0 bridgehead atoms. The molecule has 1 saturated heterocycles. The first kappa shape index (κ1) is 16.6. The van der Waals surface area contributed by atoms with Gasteiger partial charge in [-0.25, -0.2) is 4.79 Å². The number of nitrogens with one attached hydrogen (secondary N) is 1. The molecule has 0 saturated carbocycles. The fourth-order valence-electron chi connectivity index (χ4n) is 2.67. The molecule has 1 fully saturated rings. The van der Waals surface area contributed by atoms with Crippen LogP contribution in [0.4, 0.5) is 4.79 Å². The molecule has 6 nitrogen and oxygen atoms in total. The standard InChI is InChI=1S/C19H18N2O4/c1-12-4-3-5-14(8-12)11-21-18(23)15(20-19(21)24)9-13-6-7-17(25-2)16(22)10-13/h3-10,22H,11H2,1-2H3,(H,20,24). The SMILES string of the molecule is COc1ccc(C=C2NC(=O)N(Cc3cccc(C)c3)C2=O)cc1O. The van der Waals surface area contributed by atoms with Crippen LogP contribution >= 0.6 is 0 Å². The Kier molecular flexibility index (Phi) is 4.43. The molecule has 0 aromatic heterocycles. The van der Waals surface area contributed by atoms with E-state index in [1.54, 1.807) is 12.1 Å². The van der Waals surface area contributed by atoms with Crippen LogP contribution in [0.5, 0.6) is 11.5 Å². The summed E-state index contributed by atoms with van der Waals surface area (Å²) in [5, 5.41) is 12.4. The van der Waals surface area contributed by atoms with Gasteiger partial charge in [-0.2, -0.15) is 0 Å². The number of hydrogen-bond donors (Lipinski definition) is 2. The Balaban J connectivity index is 1.82. The van der Waals surface area contributed by atoms with Crippen LogP contribution in [-0.4, -0.2) is 29.1 Å². The van der Waals surface area contributed by atoms with E-state index in [4.69, 9.17) is 4.74 Å². The molecule has 1 aliphatic rings. The Labute approximate surface area is 145 Å². The maximum absolute atomic E-state index is 12.5. The Hall–Kier alpha value is -3.28. The molecular formula is C19H18N2O4. The van der Waals surface area contributed by atoms with E-state index < -0.39 is 11.9 Å². The van der Waals surface area contributed by atoms with Gasteiger partial charge in [-0.3, -0.25) is 9.69 Å². The molecule has 0 unspecified atom stereocenters. The quantitative estimate of drug-likeness (QED) is 0.664. The minimum Gasteiger partial charge on any atom is -0.504 e. The van der Waals surface area contributed by atoms with Crippen LogP contribution in [-0.2, 0) is 11.3 Å². The Bertz CT molecular complexity index is 873. The summed E-state index contributed by atoms with van der Waals surface area (Å²) >= 11 is 0. The van der Waals surface area contributed by atoms with Crippen molar-refractivity contribution in [3.63, 3.8) is 0 Å². The van der Waals surface area contributed by atoms with Crippen LogP contribution < -0.4 is 10.1 Å². The number of imide groups is 1. The van der Waals surface area contributed by atoms with Crippen molar-refractivity contribution in [3.8, 4) is 11.5 Å². The highest BCUT2D eigenvalue weighted by Gasteiger charge is 2.33. The topological polar surface area (TPSA) is 78.9 Å². The number of phenolic OH excluding ortho intramolecular Hbond substituents is 1. The summed E-state index contributed by atoms with van der Waals surface area (Å²) in [7, 11) is 1.46. The van der Waals surface area contributed by atoms with E-state index in [-0.39, 0.29) is 18.0 Å². The van der Waals surface area contributed by atoms with E-state index in [1.165, 1.54) is 19.3 Å². The lowest BCUT2D eigenvalue weighted by molar-refractivity contribution is -0.123. The lowest BCUT2D eigenvalue weighted by Gasteiger charge is -2.12. The first-order valence-corrected chi connectivity index (χ1v) is 7.75. The van der Waals surface area contributed by atoms with Gasteiger partial charge >= 0.3 is 6.03 Å². The highest BCUT2D eigenvalue weighted by atomic mass is 16.5. The third-order valence-corrected chi connectivity index (χ3v) is 3.90. The summed E-state index contributed by atoms with van der Waals surface area (Å²) in [6.07, 6.45) is 1.52. The fourth-order valence-corrected chi connectivity index (χ4v) is 2.67. The normalized spacial score (nSPS) is 15.6. The molecule has 3 amide bonds. The van der Waals surface area contributed by atoms with Crippen LogP contribution in [0.1, 0.15) is 16.7 Å². The highest BCUT2D eigenvalue weighted by Crippen LogP contribution is 2.27. The number of methoxy groups -OCH3 is 1. The molecule has 3 rings (SSSR count). The summed E-state index contributed by atoms with van der Waals surface area (Å²) in [6.45, 7) is 2.16. The first-order chi connectivity index (χ1) is 12.0. The van der Waals surface area contributed by atoms with Crippen molar-refractivity contribution in [2.24, 2.45) is 0 Å². The number of nitrogens with zero attached hydrogens (tertiary/aromatic N) is 1.